The van der Waals surface area contributed by atoms with Gasteiger partial charge in [0.15, 0.2) is 0 Å². The monoisotopic (exact) mass is 423 g/mol. The normalized spacial score (nSPS) is 18.9. The molecule has 0 aromatic heterocycles. The molecule has 4 aromatic carbocycles. The molecule has 4 aromatic rings. The minimum atomic E-state index is 0.502. The molecule has 3 aliphatic rings. The number of hydrogen-bond donors (Lipinski definition) is 0. The van der Waals surface area contributed by atoms with Crippen LogP contribution in [0.5, 0.6) is 0 Å². The number of para-hydroxylation sites is 1. The smallest absolute Gasteiger partial charge is 0.0458 e. The van der Waals surface area contributed by atoms with Gasteiger partial charge in [0.1, 0.15) is 0 Å². The van der Waals surface area contributed by atoms with Gasteiger partial charge in [-0.2, -0.15) is 0 Å². The molecule has 3 aliphatic carbocycles. The van der Waals surface area contributed by atoms with Crippen molar-refractivity contribution < 1.29 is 0 Å². The van der Waals surface area contributed by atoms with Crippen LogP contribution in [0.25, 0.3) is 27.2 Å². The van der Waals surface area contributed by atoms with E-state index in [1.54, 1.807) is 0 Å². The Morgan fingerprint density at radius 3 is 2.45 bits per heavy atom. The molecule has 1 nitrogen and oxygen atoms in total. The first-order valence-electron chi connectivity index (χ1n) is 11.9. The van der Waals surface area contributed by atoms with Crippen LogP contribution in [0.15, 0.2) is 121 Å². The van der Waals surface area contributed by atoms with Gasteiger partial charge in [-0.15, -0.1) is 0 Å². The molecule has 7 rings (SSSR count). The maximum absolute atomic E-state index is 2.52. The molecule has 0 saturated carbocycles. The molecule has 33 heavy (non-hydrogen) atoms. The molecule has 0 fully saturated rings. The summed E-state index contributed by atoms with van der Waals surface area (Å²) in [7, 11) is 0. The number of fused-ring (bicyclic) bond motifs is 1. The van der Waals surface area contributed by atoms with Gasteiger partial charge in [-0.25, -0.2) is 0 Å². The van der Waals surface area contributed by atoms with Crippen molar-refractivity contribution in [1.29, 1.82) is 0 Å². The maximum Gasteiger partial charge on any atom is 0.0458 e. The Balaban J connectivity index is 1.52. The van der Waals surface area contributed by atoms with E-state index in [9.17, 15) is 0 Å². The van der Waals surface area contributed by atoms with Crippen molar-refractivity contribution in [1.82, 2.24) is 0 Å². The van der Waals surface area contributed by atoms with Crippen LogP contribution < -0.4 is 10.1 Å². The van der Waals surface area contributed by atoms with E-state index in [-0.39, 0.29) is 0 Å². The van der Waals surface area contributed by atoms with E-state index in [4.69, 9.17) is 0 Å². The molecule has 1 atom stereocenters. The SMILES string of the molecule is C1=CC2=CC(N(C3=c4ccc5cccc6ccc(c4c65)CC3)c3ccccc3)=CCC2C=C1. The first kappa shape index (κ1) is 18.7. The van der Waals surface area contributed by atoms with Gasteiger partial charge < -0.3 is 4.90 Å². The lowest BCUT2D eigenvalue weighted by atomic mass is 9.86. The lowest BCUT2D eigenvalue weighted by Crippen LogP contribution is -2.30. The number of nitrogens with zero attached hydrogens (tertiary/aromatic N) is 1. The average molecular weight is 424 g/mol. The Kier molecular flexibility index (Phi) is 4.17. The van der Waals surface area contributed by atoms with Gasteiger partial charge in [0, 0.05) is 28.2 Å². The fraction of sp³-hybridized carbons (Fsp3) is 0.125. The van der Waals surface area contributed by atoms with E-state index in [0.29, 0.717) is 5.92 Å². The fourth-order valence-corrected chi connectivity index (χ4v) is 5.86. The highest BCUT2D eigenvalue weighted by atomic mass is 15.2. The van der Waals surface area contributed by atoms with E-state index in [0.717, 1.165) is 19.3 Å². The van der Waals surface area contributed by atoms with Gasteiger partial charge in [-0.1, -0.05) is 91.0 Å². The van der Waals surface area contributed by atoms with Gasteiger partial charge in [0.25, 0.3) is 0 Å². The molecular weight excluding hydrogens is 398 g/mol. The van der Waals surface area contributed by atoms with Crippen molar-refractivity contribution in [2.24, 2.45) is 5.92 Å². The third-order valence-electron chi connectivity index (χ3n) is 7.41. The number of anilines is 1. The summed E-state index contributed by atoms with van der Waals surface area (Å²) in [4.78, 5) is 2.52. The van der Waals surface area contributed by atoms with Gasteiger partial charge in [0.2, 0.25) is 0 Å². The number of allylic oxidation sites excluding steroid dienone is 7. The van der Waals surface area contributed by atoms with Crippen LogP contribution >= 0.6 is 0 Å². The average Bonchev–Trinajstić information content (AvgIpc) is 2.89. The second kappa shape index (κ2) is 7.35. The summed E-state index contributed by atoms with van der Waals surface area (Å²) in [6, 6.07) is 26.9. The standard InChI is InChI=1S/C32H25N/c1-2-11-27(12-3-1)33(28-18-15-22-7-4-5-8-26(22)21-28)30-20-17-25-14-13-23-9-6-10-24-16-19-29(30)32(25)31(23)24/h1-14,16,18-19,21-22H,15,17,20H2. The highest BCUT2D eigenvalue weighted by Gasteiger charge is 2.25. The Hall–Kier alpha value is -3.84. The molecule has 0 amide bonds. The van der Waals surface area contributed by atoms with E-state index in [2.05, 4.69) is 114 Å². The van der Waals surface area contributed by atoms with Crippen LogP contribution in [0.2, 0.25) is 0 Å². The van der Waals surface area contributed by atoms with Crippen molar-refractivity contribution in [2.45, 2.75) is 19.3 Å². The first-order valence-corrected chi connectivity index (χ1v) is 11.9. The quantitative estimate of drug-likeness (QED) is 0.336. The molecule has 0 heterocycles. The molecule has 1 heteroatoms. The highest BCUT2D eigenvalue weighted by Crippen LogP contribution is 2.38. The van der Waals surface area contributed by atoms with Crippen molar-refractivity contribution in [3.05, 3.63) is 131 Å². The largest absolute Gasteiger partial charge is 0.314 e. The maximum atomic E-state index is 2.52. The number of hydrogen-bond acceptors (Lipinski definition) is 1. The van der Waals surface area contributed by atoms with Crippen LogP contribution in [-0.2, 0) is 6.42 Å². The van der Waals surface area contributed by atoms with Crippen molar-refractivity contribution in [3.8, 4) is 0 Å². The summed E-state index contributed by atoms with van der Waals surface area (Å²) in [6.45, 7) is 0. The molecule has 0 aliphatic heterocycles. The molecule has 1 unspecified atom stereocenters. The number of rotatable bonds is 3. The van der Waals surface area contributed by atoms with Crippen LogP contribution in [0.3, 0.4) is 0 Å². The predicted molar refractivity (Wildman–Crippen MR) is 140 cm³/mol. The van der Waals surface area contributed by atoms with Crippen LogP contribution in [0.4, 0.5) is 5.69 Å². The van der Waals surface area contributed by atoms with Crippen molar-refractivity contribution >= 4 is 32.9 Å². The fourth-order valence-electron chi connectivity index (χ4n) is 5.86. The third-order valence-corrected chi connectivity index (χ3v) is 7.41. The zero-order valence-corrected chi connectivity index (χ0v) is 18.5. The summed E-state index contributed by atoms with van der Waals surface area (Å²) in [5.41, 5.74) is 6.81. The molecule has 0 spiro atoms. The lowest BCUT2D eigenvalue weighted by molar-refractivity contribution is 0.767. The molecule has 0 bridgehead atoms. The van der Waals surface area contributed by atoms with Gasteiger partial charge in [0.05, 0.1) is 0 Å². The van der Waals surface area contributed by atoms with E-state index < -0.39 is 0 Å². The number of benzene rings is 4. The lowest BCUT2D eigenvalue weighted by Gasteiger charge is -2.34. The summed E-state index contributed by atoms with van der Waals surface area (Å²) in [5.74, 6) is 0.502. The van der Waals surface area contributed by atoms with E-state index in [1.165, 1.54) is 55.0 Å². The van der Waals surface area contributed by atoms with Crippen LogP contribution in [-0.4, -0.2) is 0 Å². The number of aryl methyl sites for hydroxylation is 1. The van der Waals surface area contributed by atoms with Crippen LogP contribution in [0.1, 0.15) is 18.4 Å². The summed E-state index contributed by atoms with van der Waals surface area (Å²) >= 11 is 0. The molecule has 158 valence electrons. The molecule has 0 saturated heterocycles. The van der Waals surface area contributed by atoms with E-state index >= 15 is 0 Å². The van der Waals surface area contributed by atoms with Crippen molar-refractivity contribution in [3.63, 3.8) is 0 Å². The second-order valence-corrected chi connectivity index (χ2v) is 9.27. The zero-order chi connectivity index (χ0) is 21.8. The summed E-state index contributed by atoms with van der Waals surface area (Å²) < 4.78 is 0. The van der Waals surface area contributed by atoms with E-state index in [1.807, 2.05) is 0 Å². The van der Waals surface area contributed by atoms with Gasteiger partial charge >= 0.3 is 0 Å². The third kappa shape index (κ3) is 2.93. The minimum absolute atomic E-state index is 0.502. The predicted octanol–water partition coefficient (Wildman–Crippen LogP) is 7.23. The molecule has 0 radical (unpaired) electrons. The summed E-state index contributed by atoms with van der Waals surface area (Å²) in [6.07, 6.45) is 16.9. The van der Waals surface area contributed by atoms with Gasteiger partial charge in [-0.3, -0.25) is 0 Å². The Labute approximate surface area is 194 Å². The zero-order valence-electron chi connectivity index (χ0n) is 18.5. The van der Waals surface area contributed by atoms with Crippen molar-refractivity contribution in [2.75, 3.05) is 4.90 Å². The Morgan fingerprint density at radius 1 is 0.727 bits per heavy atom. The summed E-state index contributed by atoms with van der Waals surface area (Å²) in [5, 5.41) is 6.90. The Morgan fingerprint density at radius 2 is 1.58 bits per heavy atom. The molecule has 0 N–H and O–H groups in total. The van der Waals surface area contributed by atoms with Gasteiger partial charge in [-0.05, 0) is 70.2 Å². The second-order valence-electron chi connectivity index (χ2n) is 9.27. The molecular formula is C32H25N. The highest BCUT2D eigenvalue weighted by molar-refractivity contribution is 6.12. The topological polar surface area (TPSA) is 3.24 Å². The first-order chi connectivity index (χ1) is 16.4. The Bertz CT molecular complexity index is 1560. The van der Waals surface area contributed by atoms with Crippen LogP contribution in [0, 0.1) is 5.92 Å². The minimum Gasteiger partial charge on any atom is -0.314 e.